The van der Waals surface area contributed by atoms with E-state index in [1.807, 2.05) is 6.92 Å². The highest BCUT2D eigenvalue weighted by Crippen LogP contribution is 2.16. The van der Waals surface area contributed by atoms with Crippen LogP contribution in [0.25, 0.3) is 0 Å². The molecule has 5 nitrogen and oxygen atoms in total. The van der Waals surface area contributed by atoms with Crippen molar-refractivity contribution >= 4 is 15.7 Å². The van der Waals surface area contributed by atoms with Gasteiger partial charge in [0, 0.05) is 24.9 Å². The molecule has 2 atom stereocenters. The molecule has 0 aliphatic heterocycles. The van der Waals surface area contributed by atoms with Gasteiger partial charge in [-0.25, -0.2) is 8.42 Å². The van der Waals surface area contributed by atoms with Crippen LogP contribution in [0.15, 0.2) is 24.3 Å². The summed E-state index contributed by atoms with van der Waals surface area (Å²) < 4.78 is 28.5. The van der Waals surface area contributed by atoms with E-state index in [1.54, 1.807) is 45.2 Å². The molecule has 0 saturated heterocycles. The lowest BCUT2D eigenvalue weighted by atomic mass is 10.1. The molecule has 0 aromatic heterocycles. The van der Waals surface area contributed by atoms with Crippen molar-refractivity contribution < 1.29 is 17.9 Å². The molecule has 2 unspecified atom stereocenters. The molecule has 0 radical (unpaired) electrons. The number of rotatable bonds is 6. The van der Waals surface area contributed by atoms with Gasteiger partial charge < -0.3 is 9.64 Å². The molecule has 0 saturated carbocycles. The zero-order valence-electron chi connectivity index (χ0n) is 13.2. The average molecular weight is 313 g/mol. The van der Waals surface area contributed by atoms with Crippen molar-refractivity contribution in [2.45, 2.75) is 32.1 Å². The summed E-state index contributed by atoms with van der Waals surface area (Å²) in [5.41, 5.74) is 0.508. The summed E-state index contributed by atoms with van der Waals surface area (Å²) in [4.78, 5) is 13.8. The first-order chi connectivity index (χ1) is 9.68. The van der Waals surface area contributed by atoms with Crippen LogP contribution >= 0.6 is 0 Å². The minimum atomic E-state index is -3.19. The molecule has 0 heterocycles. The third-order valence-electron chi connectivity index (χ3n) is 3.70. The van der Waals surface area contributed by atoms with E-state index in [0.29, 0.717) is 17.9 Å². The number of carbonyl (C=O) groups excluding carboxylic acids is 1. The Balaban J connectivity index is 2.87. The average Bonchev–Trinajstić information content (AvgIpc) is 2.44. The molecule has 0 N–H and O–H groups in total. The number of hydrogen-bond donors (Lipinski definition) is 0. The molecule has 0 aliphatic rings. The lowest BCUT2D eigenvalue weighted by Crippen LogP contribution is -2.44. The molecule has 0 aliphatic carbocycles. The van der Waals surface area contributed by atoms with Gasteiger partial charge in [-0.3, -0.25) is 4.79 Å². The van der Waals surface area contributed by atoms with Gasteiger partial charge in [0.1, 0.15) is 5.75 Å². The minimum absolute atomic E-state index is 0.207. The van der Waals surface area contributed by atoms with Gasteiger partial charge in [0.2, 0.25) is 0 Å². The molecule has 21 heavy (non-hydrogen) atoms. The van der Waals surface area contributed by atoms with E-state index in [0.717, 1.165) is 0 Å². The fourth-order valence-electron chi connectivity index (χ4n) is 1.92. The Hall–Kier alpha value is -1.56. The summed E-state index contributed by atoms with van der Waals surface area (Å²) in [6.45, 7) is 5.80. The van der Waals surface area contributed by atoms with Gasteiger partial charge in [0.25, 0.3) is 5.91 Å². The number of benzene rings is 1. The molecular weight excluding hydrogens is 290 g/mol. The third kappa shape index (κ3) is 4.46. The maximum absolute atomic E-state index is 12.4. The van der Waals surface area contributed by atoms with Gasteiger partial charge in [0.15, 0.2) is 9.84 Å². The van der Waals surface area contributed by atoms with Crippen LogP contribution in [0.1, 0.15) is 31.1 Å². The van der Waals surface area contributed by atoms with Crippen LogP contribution in [-0.4, -0.2) is 50.4 Å². The molecule has 1 aromatic rings. The second-order valence-electron chi connectivity index (χ2n) is 5.15. The molecule has 0 fully saturated rings. The van der Waals surface area contributed by atoms with Crippen LogP contribution in [0.4, 0.5) is 0 Å². The quantitative estimate of drug-likeness (QED) is 0.805. The highest BCUT2D eigenvalue weighted by Gasteiger charge is 2.28. The Morgan fingerprint density at radius 2 is 1.76 bits per heavy atom. The Bertz CT molecular complexity index is 580. The van der Waals surface area contributed by atoms with Crippen LogP contribution in [0, 0.1) is 0 Å². The first-order valence-electron chi connectivity index (χ1n) is 6.87. The Kier molecular flexibility index (Phi) is 5.78. The van der Waals surface area contributed by atoms with E-state index >= 15 is 0 Å². The van der Waals surface area contributed by atoms with Crippen molar-refractivity contribution in [3.05, 3.63) is 29.8 Å². The van der Waals surface area contributed by atoms with E-state index in [2.05, 4.69) is 0 Å². The minimum Gasteiger partial charge on any atom is -0.494 e. The lowest BCUT2D eigenvalue weighted by Gasteiger charge is -2.29. The second kappa shape index (κ2) is 6.93. The summed E-state index contributed by atoms with van der Waals surface area (Å²) in [5.74, 6) is 0.496. The van der Waals surface area contributed by atoms with E-state index in [9.17, 15) is 13.2 Å². The van der Waals surface area contributed by atoms with Gasteiger partial charge >= 0.3 is 0 Å². The highest BCUT2D eigenvalue weighted by molar-refractivity contribution is 7.91. The summed E-state index contributed by atoms with van der Waals surface area (Å²) in [7, 11) is -1.57. The molecule has 1 aromatic carbocycles. The van der Waals surface area contributed by atoms with Crippen molar-refractivity contribution in [2.75, 3.05) is 19.9 Å². The largest absolute Gasteiger partial charge is 0.494 e. The topological polar surface area (TPSA) is 63.7 Å². The number of sulfone groups is 1. The number of ether oxygens (including phenoxy) is 1. The van der Waals surface area contributed by atoms with Gasteiger partial charge in [-0.15, -0.1) is 0 Å². The van der Waals surface area contributed by atoms with E-state index in [1.165, 1.54) is 11.2 Å². The lowest BCUT2D eigenvalue weighted by molar-refractivity contribution is 0.0743. The smallest absolute Gasteiger partial charge is 0.253 e. The third-order valence-corrected chi connectivity index (χ3v) is 5.44. The summed E-state index contributed by atoms with van der Waals surface area (Å²) >= 11 is 0. The zero-order chi connectivity index (χ0) is 16.2. The molecule has 1 amide bonds. The van der Waals surface area contributed by atoms with Crippen molar-refractivity contribution in [1.82, 2.24) is 4.90 Å². The summed E-state index contributed by atoms with van der Waals surface area (Å²) in [5, 5.41) is -0.617. The molecular formula is C15H23NO4S. The Morgan fingerprint density at radius 3 is 2.19 bits per heavy atom. The Morgan fingerprint density at radius 1 is 1.24 bits per heavy atom. The highest BCUT2D eigenvalue weighted by atomic mass is 32.2. The second-order valence-corrected chi connectivity index (χ2v) is 7.55. The molecule has 118 valence electrons. The van der Waals surface area contributed by atoms with Crippen LogP contribution in [0.5, 0.6) is 5.75 Å². The predicted molar refractivity (Wildman–Crippen MR) is 83.5 cm³/mol. The number of nitrogens with zero attached hydrogens (tertiary/aromatic N) is 1. The maximum Gasteiger partial charge on any atom is 0.253 e. The monoisotopic (exact) mass is 313 g/mol. The zero-order valence-corrected chi connectivity index (χ0v) is 14.0. The van der Waals surface area contributed by atoms with E-state index in [4.69, 9.17) is 4.74 Å². The fraction of sp³-hybridized carbons (Fsp3) is 0.533. The predicted octanol–water partition coefficient (Wildman–Crippen LogP) is 1.98. The summed E-state index contributed by atoms with van der Waals surface area (Å²) in [6, 6.07) is 6.42. The number of carbonyl (C=O) groups is 1. The first kappa shape index (κ1) is 17.5. The van der Waals surface area contributed by atoms with Gasteiger partial charge in [-0.1, -0.05) is 0 Å². The van der Waals surface area contributed by atoms with Crippen LogP contribution in [0.2, 0.25) is 0 Å². The molecule has 0 bridgehead atoms. The Labute approximate surface area is 126 Å². The summed E-state index contributed by atoms with van der Waals surface area (Å²) in [6.07, 6.45) is 1.18. The van der Waals surface area contributed by atoms with Crippen molar-refractivity contribution in [1.29, 1.82) is 0 Å². The number of hydrogen-bond acceptors (Lipinski definition) is 4. The van der Waals surface area contributed by atoms with Gasteiger partial charge in [0.05, 0.1) is 11.9 Å². The van der Waals surface area contributed by atoms with Crippen LogP contribution in [-0.2, 0) is 9.84 Å². The van der Waals surface area contributed by atoms with Crippen molar-refractivity contribution in [2.24, 2.45) is 0 Å². The van der Waals surface area contributed by atoms with Crippen molar-refractivity contribution in [3.63, 3.8) is 0 Å². The first-order valence-corrected chi connectivity index (χ1v) is 8.82. The van der Waals surface area contributed by atoms with Crippen molar-refractivity contribution in [3.8, 4) is 5.75 Å². The maximum atomic E-state index is 12.4. The molecule has 1 rings (SSSR count). The van der Waals surface area contributed by atoms with E-state index in [-0.39, 0.29) is 5.91 Å². The normalized spacial score (nSPS) is 14.3. The molecule has 6 heteroatoms. The van der Waals surface area contributed by atoms with Gasteiger partial charge in [-0.05, 0) is 45.0 Å². The van der Waals surface area contributed by atoms with Gasteiger partial charge in [-0.2, -0.15) is 0 Å². The fourth-order valence-corrected chi connectivity index (χ4v) is 2.82. The standard InChI is InChI=1S/C15H23NO4S/c1-6-20-14-9-7-13(8-10-14)15(17)16(4)11(2)12(3)21(5,18)19/h7-12H,6H2,1-5H3. The van der Waals surface area contributed by atoms with Crippen LogP contribution in [0.3, 0.4) is 0 Å². The SMILES string of the molecule is CCOc1ccc(C(=O)N(C)C(C)C(C)S(C)(=O)=O)cc1. The molecule has 0 spiro atoms. The number of amides is 1. The van der Waals surface area contributed by atoms with Crippen LogP contribution < -0.4 is 4.74 Å². The van der Waals surface area contributed by atoms with E-state index < -0.39 is 21.1 Å².